The number of aryl methyl sites for hydroxylation is 1. The summed E-state index contributed by atoms with van der Waals surface area (Å²) in [5, 5.41) is 5.11. The Morgan fingerprint density at radius 2 is 1.37 bits per heavy atom. The van der Waals surface area contributed by atoms with Crippen LogP contribution in [0, 0.1) is 0 Å². The summed E-state index contributed by atoms with van der Waals surface area (Å²) in [5.41, 5.74) is 7.69. The van der Waals surface area contributed by atoms with Gasteiger partial charge in [0.25, 0.3) is 0 Å². The lowest BCUT2D eigenvalue weighted by Gasteiger charge is -2.26. The molecule has 0 bridgehead atoms. The molecule has 0 radical (unpaired) electrons. The van der Waals surface area contributed by atoms with Gasteiger partial charge in [0.2, 0.25) is 5.89 Å². The summed E-state index contributed by atoms with van der Waals surface area (Å²) < 4.78 is 54.4. The van der Waals surface area contributed by atoms with Crippen molar-refractivity contribution in [3.8, 4) is 22.6 Å². The van der Waals surface area contributed by atoms with Gasteiger partial charge in [0.1, 0.15) is 16.9 Å². The van der Waals surface area contributed by atoms with E-state index in [-0.39, 0.29) is 29.7 Å². The molecule has 0 atom stereocenters. The van der Waals surface area contributed by atoms with Gasteiger partial charge in [-0.1, -0.05) is 97.0 Å². The van der Waals surface area contributed by atoms with Gasteiger partial charge in [0.15, 0.2) is 5.58 Å². The van der Waals surface area contributed by atoms with Crippen LogP contribution in [-0.4, -0.2) is 4.98 Å². The highest BCUT2D eigenvalue weighted by Gasteiger charge is 2.20. The lowest BCUT2D eigenvalue weighted by Crippen LogP contribution is -2.10. The first-order chi connectivity index (χ1) is 26.3. The van der Waals surface area contributed by atoms with Crippen LogP contribution in [0.1, 0.15) is 24.6 Å². The number of nitrogens with zero attached hydrogens (tertiary/aromatic N) is 2. The first-order valence-corrected chi connectivity index (χ1v) is 16.3. The van der Waals surface area contributed by atoms with Crippen LogP contribution >= 0.6 is 0 Å². The first kappa shape index (κ1) is 23.0. The van der Waals surface area contributed by atoms with Crippen LogP contribution in [0.4, 0.5) is 17.1 Å². The molecular weight excluding hydrogens is 601 g/mol. The van der Waals surface area contributed by atoms with E-state index in [0.29, 0.717) is 11.5 Å². The Bertz CT molecular complexity index is 2970. The van der Waals surface area contributed by atoms with Gasteiger partial charge in [0.05, 0.1) is 6.85 Å². The number of aromatic nitrogens is 1. The number of rotatable bonds is 5. The van der Waals surface area contributed by atoms with Crippen molar-refractivity contribution >= 4 is 66.8 Å². The second-order valence-electron chi connectivity index (χ2n) is 12.3. The Balaban J connectivity index is 1.18. The molecule has 2 heterocycles. The van der Waals surface area contributed by atoms with Gasteiger partial charge in [-0.3, -0.25) is 0 Å². The fourth-order valence-corrected chi connectivity index (χ4v) is 7.05. The van der Waals surface area contributed by atoms with Crippen molar-refractivity contribution in [3.05, 3.63) is 163 Å². The zero-order valence-electron chi connectivity index (χ0n) is 31.2. The standard InChI is InChI=1S/C45H30N2O2/c1-3-9-29(10-4-1)30-17-21-34(22-18-30)47(36-24-26-42-39(28-36)37-13-7-8-14-41(37)48-42)35-23-19-31-15-16-32-20-25-40-44(43(32)38(31)27-35)49-45(46-40)33-11-5-2-6-12-33/h1-7,9-13,15-28H,8,14H2/i1D,3D,4D,9D,10D. The van der Waals surface area contributed by atoms with E-state index in [1.165, 1.54) is 0 Å². The van der Waals surface area contributed by atoms with Crippen molar-refractivity contribution in [1.29, 1.82) is 0 Å². The predicted molar refractivity (Wildman–Crippen MR) is 202 cm³/mol. The molecule has 9 aromatic rings. The maximum absolute atomic E-state index is 8.56. The molecule has 232 valence electrons. The van der Waals surface area contributed by atoms with Crippen molar-refractivity contribution in [2.24, 2.45) is 0 Å². The fourth-order valence-electron chi connectivity index (χ4n) is 7.05. The van der Waals surface area contributed by atoms with E-state index in [1.807, 2.05) is 66.7 Å². The van der Waals surface area contributed by atoms with E-state index in [9.17, 15) is 0 Å². The van der Waals surface area contributed by atoms with E-state index >= 15 is 0 Å². The van der Waals surface area contributed by atoms with Gasteiger partial charge < -0.3 is 13.7 Å². The average Bonchev–Trinajstić information content (AvgIpc) is 3.82. The van der Waals surface area contributed by atoms with E-state index in [0.717, 1.165) is 90.4 Å². The van der Waals surface area contributed by atoms with Crippen LogP contribution in [0.25, 0.3) is 72.3 Å². The van der Waals surface area contributed by atoms with Crippen LogP contribution in [-0.2, 0) is 6.42 Å². The summed E-state index contributed by atoms with van der Waals surface area (Å²) in [4.78, 5) is 7.03. The second-order valence-corrected chi connectivity index (χ2v) is 12.3. The highest BCUT2D eigenvalue weighted by Crippen LogP contribution is 2.42. The third kappa shape index (κ3) is 4.64. The normalized spacial score (nSPS) is 14.1. The van der Waals surface area contributed by atoms with Crippen molar-refractivity contribution in [3.63, 3.8) is 0 Å². The molecule has 0 saturated carbocycles. The number of furan rings is 1. The van der Waals surface area contributed by atoms with Crippen LogP contribution in [0.15, 0.2) is 160 Å². The SMILES string of the molecule is [2H]c1c([2H])c([2H])c(-c2ccc(N(c3ccc4oc5c(c4c3)C=CCC5)c3ccc4ccc5ccc6nc(-c7ccccc7)oc6c5c4c3)cc2)c([2H])c1[2H]. The molecule has 4 heteroatoms. The van der Waals surface area contributed by atoms with E-state index in [1.54, 1.807) is 0 Å². The molecule has 0 spiro atoms. The minimum atomic E-state index is -0.411. The van der Waals surface area contributed by atoms with Crippen molar-refractivity contribution < 1.29 is 15.7 Å². The van der Waals surface area contributed by atoms with Crippen LogP contribution in [0.2, 0.25) is 0 Å². The van der Waals surface area contributed by atoms with E-state index < -0.39 is 6.04 Å². The molecule has 10 rings (SSSR count). The molecular formula is C45H30N2O2. The highest BCUT2D eigenvalue weighted by molar-refractivity contribution is 6.18. The van der Waals surface area contributed by atoms with Crippen molar-refractivity contribution in [2.45, 2.75) is 12.8 Å². The fraction of sp³-hybridized carbons (Fsp3) is 0.0444. The molecule has 0 unspecified atom stereocenters. The Labute approximate surface area is 290 Å². The Morgan fingerprint density at radius 1 is 0.633 bits per heavy atom. The molecule has 2 aromatic heterocycles. The first-order valence-electron chi connectivity index (χ1n) is 18.8. The molecule has 0 N–H and O–H groups in total. The number of anilines is 3. The van der Waals surface area contributed by atoms with E-state index in [2.05, 4.69) is 65.6 Å². The Kier molecular flexibility index (Phi) is 5.22. The zero-order chi connectivity index (χ0) is 36.7. The number of hydrogen-bond donors (Lipinski definition) is 0. The number of hydrogen-bond acceptors (Lipinski definition) is 4. The average molecular weight is 636 g/mol. The minimum Gasteiger partial charge on any atom is -0.460 e. The largest absolute Gasteiger partial charge is 0.460 e. The van der Waals surface area contributed by atoms with Crippen molar-refractivity contribution in [2.75, 3.05) is 4.90 Å². The van der Waals surface area contributed by atoms with Crippen LogP contribution in [0.3, 0.4) is 0 Å². The molecule has 49 heavy (non-hydrogen) atoms. The molecule has 4 nitrogen and oxygen atoms in total. The maximum atomic E-state index is 8.56. The number of oxazole rings is 1. The van der Waals surface area contributed by atoms with Gasteiger partial charge in [-0.15, -0.1) is 0 Å². The molecule has 0 amide bonds. The quantitative estimate of drug-likeness (QED) is 0.177. The molecule has 0 saturated heterocycles. The monoisotopic (exact) mass is 635 g/mol. The summed E-state index contributed by atoms with van der Waals surface area (Å²) in [5.74, 6) is 1.56. The second kappa shape index (κ2) is 11.1. The summed E-state index contributed by atoms with van der Waals surface area (Å²) in [7, 11) is 0. The maximum Gasteiger partial charge on any atom is 0.227 e. The Morgan fingerprint density at radius 3 is 2.22 bits per heavy atom. The summed E-state index contributed by atoms with van der Waals surface area (Å²) in [6.07, 6.45) is 6.13. The molecule has 1 aliphatic carbocycles. The van der Waals surface area contributed by atoms with Crippen molar-refractivity contribution in [1.82, 2.24) is 4.98 Å². The Hall–Kier alpha value is -6.39. The van der Waals surface area contributed by atoms with Crippen LogP contribution < -0.4 is 4.90 Å². The van der Waals surface area contributed by atoms with Gasteiger partial charge in [0, 0.05) is 45.4 Å². The highest BCUT2D eigenvalue weighted by atomic mass is 16.3. The lowest BCUT2D eigenvalue weighted by molar-refractivity contribution is 0.546. The molecule has 0 aliphatic heterocycles. The van der Waals surface area contributed by atoms with Crippen LogP contribution in [0.5, 0.6) is 0 Å². The smallest absolute Gasteiger partial charge is 0.227 e. The van der Waals surface area contributed by atoms with Gasteiger partial charge in [-0.05, 0) is 94.4 Å². The minimum absolute atomic E-state index is 0.167. The lowest BCUT2D eigenvalue weighted by atomic mass is 9.99. The number of benzene rings is 7. The molecule has 0 fully saturated rings. The number of allylic oxidation sites excluding steroid dienone is 1. The molecule has 1 aliphatic rings. The van der Waals surface area contributed by atoms with Gasteiger partial charge in [-0.2, -0.15) is 0 Å². The topological polar surface area (TPSA) is 42.4 Å². The number of fused-ring (bicyclic) bond motifs is 8. The summed E-state index contributed by atoms with van der Waals surface area (Å²) in [6, 6.07) is 36.8. The third-order valence-electron chi connectivity index (χ3n) is 9.40. The van der Waals surface area contributed by atoms with E-state index in [4.69, 9.17) is 20.7 Å². The molecule has 7 aromatic carbocycles. The van der Waals surface area contributed by atoms with Gasteiger partial charge >= 0.3 is 0 Å². The summed E-state index contributed by atoms with van der Waals surface area (Å²) >= 11 is 0. The zero-order valence-corrected chi connectivity index (χ0v) is 26.2. The summed E-state index contributed by atoms with van der Waals surface area (Å²) in [6.45, 7) is 0. The van der Waals surface area contributed by atoms with Gasteiger partial charge in [-0.25, -0.2) is 4.98 Å². The predicted octanol–water partition coefficient (Wildman–Crippen LogP) is 12.6. The third-order valence-corrected chi connectivity index (χ3v) is 9.40.